The number of aromatic nitrogens is 5. The van der Waals surface area contributed by atoms with E-state index in [9.17, 15) is 0 Å². The molecule has 0 radical (unpaired) electrons. The molecule has 2 aromatic carbocycles. The van der Waals surface area contributed by atoms with Gasteiger partial charge in [-0.3, -0.25) is 15.1 Å². The van der Waals surface area contributed by atoms with E-state index >= 15 is 0 Å². The Hall–Kier alpha value is -3.49. The van der Waals surface area contributed by atoms with Gasteiger partial charge in [-0.1, -0.05) is 12.1 Å². The standard InChI is InChI=1S/C24H24N6O2/c1-14-11-30(12-15(2)31-14)13-17-8-25-24(32-17)19-6-16(7-23-21(19)10-27-29-23)18-4-3-5-22-20(18)9-26-28-22/h3-10,14-15H,11-13H2,1-2H3,(H,26,28)(H,27,29)/t14-,15+. The Morgan fingerprint density at radius 2 is 1.69 bits per heavy atom. The van der Waals surface area contributed by atoms with Crippen LogP contribution in [0.25, 0.3) is 44.4 Å². The molecular weight excluding hydrogens is 404 g/mol. The van der Waals surface area contributed by atoms with E-state index in [2.05, 4.69) is 62.3 Å². The van der Waals surface area contributed by atoms with Gasteiger partial charge in [-0.2, -0.15) is 10.2 Å². The number of H-pyrrole nitrogens is 2. The molecule has 1 saturated heterocycles. The molecule has 0 amide bonds. The molecule has 0 unspecified atom stereocenters. The first-order valence-corrected chi connectivity index (χ1v) is 10.9. The van der Waals surface area contributed by atoms with Crippen molar-refractivity contribution >= 4 is 21.8 Å². The first kappa shape index (κ1) is 19.2. The number of ether oxygens (including phenoxy) is 1. The van der Waals surface area contributed by atoms with Crippen LogP contribution in [0.15, 0.2) is 53.3 Å². The summed E-state index contributed by atoms with van der Waals surface area (Å²) in [6.07, 6.45) is 5.94. The van der Waals surface area contributed by atoms with Crippen LogP contribution in [0.2, 0.25) is 0 Å². The molecule has 3 aromatic heterocycles. The predicted octanol–water partition coefficient (Wildman–Crippen LogP) is 4.37. The van der Waals surface area contributed by atoms with Crippen molar-refractivity contribution < 1.29 is 9.15 Å². The molecular formula is C24H24N6O2. The SMILES string of the molecule is C[C@@H]1CN(Cc2cnc(-c3cc(-c4cccc5[nH]ncc45)cc4[nH]ncc34)o2)C[C@H](C)O1. The Bertz CT molecular complexity index is 1390. The molecule has 1 fully saturated rings. The zero-order valence-electron chi connectivity index (χ0n) is 18.0. The number of fused-ring (bicyclic) bond motifs is 2. The van der Waals surface area contributed by atoms with E-state index in [4.69, 9.17) is 9.15 Å². The molecule has 0 spiro atoms. The van der Waals surface area contributed by atoms with Gasteiger partial charge in [-0.25, -0.2) is 4.98 Å². The minimum atomic E-state index is 0.217. The van der Waals surface area contributed by atoms with Gasteiger partial charge in [-0.05, 0) is 43.2 Å². The number of oxazole rings is 1. The molecule has 6 rings (SSSR count). The fourth-order valence-electron chi connectivity index (χ4n) is 4.74. The summed E-state index contributed by atoms with van der Waals surface area (Å²) >= 11 is 0. The van der Waals surface area contributed by atoms with Gasteiger partial charge in [0, 0.05) is 29.4 Å². The third kappa shape index (κ3) is 3.37. The zero-order chi connectivity index (χ0) is 21.7. The number of hydrogen-bond acceptors (Lipinski definition) is 6. The van der Waals surface area contributed by atoms with E-state index in [-0.39, 0.29) is 12.2 Å². The molecule has 4 heterocycles. The van der Waals surface area contributed by atoms with Crippen LogP contribution in [-0.4, -0.2) is 55.6 Å². The van der Waals surface area contributed by atoms with Crippen LogP contribution >= 0.6 is 0 Å². The second-order valence-corrected chi connectivity index (χ2v) is 8.57. The second-order valence-electron chi connectivity index (χ2n) is 8.57. The van der Waals surface area contributed by atoms with E-state index in [0.29, 0.717) is 12.4 Å². The summed E-state index contributed by atoms with van der Waals surface area (Å²) in [6, 6.07) is 10.4. The van der Waals surface area contributed by atoms with Crippen molar-refractivity contribution in [1.82, 2.24) is 30.3 Å². The average Bonchev–Trinajstić information content (AvgIpc) is 3.52. The molecule has 1 aliphatic rings. The lowest BCUT2D eigenvalue weighted by Gasteiger charge is -2.34. The molecule has 5 aromatic rings. The van der Waals surface area contributed by atoms with Gasteiger partial charge in [-0.15, -0.1) is 0 Å². The highest BCUT2D eigenvalue weighted by Crippen LogP contribution is 2.35. The maximum Gasteiger partial charge on any atom is 0.227 e. The first-order valence-electron chi connectivity index (χ1n) is 10.9. The Morgan fingerprint density at radius 1 is 0.938 bits per heavy atom. The van der Waals surface area contributed by atoms with Gasteiger partial charge in [0.15, 0.2) is 0 Å². The number of benzene rings is 2. The maximum atomic E-state index is 6.23. The van der Waals surface area contributed by atoms with Gasteiger partial charge in [0.05, 0.1) is 48.4 Å². The minimum absolute atomic E-state index is 0.217. The van der Waals surface area contributed by atoms with Crippen molar-refractivity contribution in [3.05, 3.63) is 54.7 Å². The maximum absolute atomic E-state index is 6.23. The highest BCUT2D eigenvalue weighted by atomic mass is 16.5. The van der Waals surface area contributed by atoms with Crippen molar-refractivity contribution in [1.29, 1.82) is 0 Å². The molecule has 32 heavy (non-hydrogen) atoms. The smallest absolute Gasteiger partial charge is 0.227 e. The normalized spacial score (nSPS) is 19.8. The molecule has 2 N–H and O–H groups in total. The highest BCUT2D eigenvalue weighted by molar-refractivity contribution is 6.01. The summed E-state index contributed by atoms with van der Waals surface area (Å²) in [6.45, 7) is 6.70. The third-order valence-corrected chi connectivity index (χ3v) is 6.01. The third-order valence-electron chi connectivity index (χ3n) is 6.01. The number of rotatable bonds is 4. The fraction of sp³-hybridized carbons (Fsp3) is 0.292. The topological polar surface area (TPSA) is 95.9 Å². The molecule has 2 atom stereocenters. The van der Waals surface area contributed by atoms with E-state index in [0.717, 1.165) is 57.3 Å². The summed E-state index contributed by atoms with van der Waals surface area (Å²) in [5.41, 5.74) is 5.01. The Kier molecular flexibility index (Phi) is 4.55. The largest absolute Gasteiger partial charge is 0.440 e. The summed E-state index contributed by atoms with van der Waals surface area (Å²) in [7, 11) is 0. The van der Waals surface area contributed by atoms with Crippen LogP contribution in [0.5, 0.6) is 0 Å². The Balaban J connectivity index is 1.38. The number of nitrogens with one attached hydrogen (secondary N) is 2. The van der Waals surface area contributed by atoms with Gasteiger partial charge >= 0.3 is 0 Å². The van der Waals surface area contributed by atoms with E-state index in [1.807, 2.05) is 30.7 Å². The average molecular weight is 428 g/mol. The first-order chi connectivity index (χ1) is 15.6. The lowest BCUT2D eigenvalue weighted by molar-refractivity contribution is -0.0718. The van der Waals surface area contributed by atoms with Crippen molar-refractivity contribution in [2.45, 2.75) is 32.6 Å². The predicted molar refractivity (Wildman–Crippen MR) is 122 cm³/mol. The fourth-order valence-corrected chi connectivity index (χ4v) is 4.74. The summed E-state index contributed by atoms with van der Waals surface area (Å²) in [4.78, 5) is 6.98. The molecule has 0 aliphatic carbocycles. The van der Waals surface area contributed by atoms with Crippen molar-refractivity contribution in [2.24, 2.45) is 0 Å². The molecule has 8 nitrogen and oxygen atoms in total. The molecule has 1 aliphatic heterocycles. The van der Waals surface area contributed by atoms with Crippen molar-refractivity contribution in [2.75, 3.05) is 13.1 Å². The lowest BCUT2D eigenvalue weighted by atomic mass is 9.98. The van der Waals surface area contributed by atoms with Crippen LogP contribution in [0.1, 0.15) is 19.6 Å². The van der Waals surface area contributed by atoms with Crippen LogP contribution in [0.3, 0.4) is 0 Å². The van der Waals surface area contributed by atoms with Crippen LogP contribution in [-0.2, 0) is 11.3 Å². The molecule has 162 valence electrons. The van der Waals surface area contributed by atoms with Gasteiger partial charge in [0.1, 0.15) is 5.76 Å². The van der Waals surface area contributed by atoms with Crippen LogP contribution in [0, 0.1) is 0 Å². The van der Waals surface area contributed by atoms with E-state index in [1.54, 1.807) is 0 Å². The molecule has 0 bridgehead atoms. The Morgan fingerprint density at radius 3 is 2.50 bits per heavy atom. The number of aromatic amines is 2. The monoisotopic (exact) mass is 428 g/mol. The summed E-state index contributed by atoms with van der Waals surface area (Å²) in [5, 5.41) is 16.6. The van der Waals surface area contributed by atoms with Gasteiger partial charge in [0.2, 0.25) is 5.89 Å². The number of hydrogen-bond donors (Lipinski definition) is 2. The number of nitrogens with zero attached hydrogens (tertiary/aromatic N) is 4. The quantitative estimate of drug-likeness (QED) is 0.441. The van der Waals surface area contributed by atoms with Crippen LogP contribution in [0.4, 0.5) is 0 Å². The van der Waals surface area contributed by atoms with Gasteiger partial charge < -0.3 is 9.15 Å². The van der Waals surface area contributed by atoms with Crippen molar-refractivity contribution in [3.63, 3.8) is 0 Å². The van der Waals surface area contributed by atoms with Gasteiger partial charge in [0.25, 0.3) is 0 Å². The van der Waals surface area contributed by atoms with Crippen molar-refractivity contribution in [3.8, 4) is 22.6 Å². The van der Waals surface area contributed by atoms with E-state index < -0.39 is 0 Å². The summed E-state index contributed by atoms with van der Waals surface area (Å²) < 4.78 is 12.1. The minimum Gasteiger partial charge on any atom is -0.440 e. The molecule has 8 heteroatoms. The number of morpholine rings is 1. The second kappa shape index (κ2) is 7.58. The van der Waals surface area contributed by atoms with Crippen LogP contribution < -0.4 is 0 Å². The molecule has 0 saturated carbocycles. The highest BCUT2D eigenvalue weighted by Gasteiger charge is 2.23. The van der Waals surface area contributed by atoms with E-state index in [1.165, 1.54) is 0 Å². The zero-order valence-corrected chi connectivity index (χ0v) is 18.0. The lowest BCUT2D eigenvalue weighted by Crippen LogP contribution is -2.44. The Labute approximate surface area is 184 Å². The summed E-state index contributed by atoms with van der Waals surface area (Å²) in [5.74, 6) is 1.45.